The number of nitrogens with one attached hydrogen (secondary N) is 1. The second-order valence-electron chi connectivity index (χ2n) is 10.7. The highest BCUT2D eigenvalue weighted by Crippen LogP contribution is 2.37. The maximum absolute atomic E-state index is 12.0. The van der Waals surface area contributed by atoms with Gasteiger partial charge in [-0.25, -0.2) is 23.4 Å². The first-order chi connectivity index (χ1) is 19.1. The van der Waals surface area contributed by atoms with Crippen LogP contribution in [0.4, 0.5) is 17.3 Å². The van der Waals surface area contributed by atoms with Gasteiger partial charge < -0.3 is 15.0 Å². The van der Waals surface area contributed by atoms with Gasteiger partial charge in [0.25, 0.3) is 0 Å². The van der Waals surface area contributed by atoms with Crippen LogP contribution < -0.4 is 10.2 Å². The molecule has 3 aromatic heterocycles. The summed E-state index contributed by atoms with van der Waals surface area (Å²) < 4.78 is 32.4. The van der Waals surface area contributed by atoms with Crippen molar-refractivity contribution in [2.75, 3.05) is 49.8 Å². The molecular weight excluding hydrogens is 552 g/mol. The lowest BCUT2D eigenvalue weighted by molar-refractivity contribution is -0.0286. The van der Waals surface area contributed by atoms with E-state index in [-0.39, 0.29) is 12.1 Å². The molecule has 4 aromatic rings. The third-order valence-electron chi connectivity index (χ3n) is 7.61. The van der Waals surface area contributed by atoms with E-state index in [2.05, 4.69) is 51.3 Å². The first kappa shape index (κ1) is 26.9. The Kier molecular flexibility index (Phi) is 6.89. The van der Waals surface area contributed by atoms with Gasteiger partial charge in [0.05, 0.1) is 37.1 Å². The van der Waals surface area contributed by atoms with Gasteiger partial charge in [-0.2, -0.15) is 9.40 Å². The van der Waals surface area contributed by atoms with Crippen LogP contribution in [0.3, 0.4) is 0 Å². The van der Waals surface area contributed by atoms with E-state index in [1.54, 1.807) is 24.0 Å². The highest BCUT2D eigenvalue weighted by Gasteiger charge is 2.35. The Morgan fingerprint density at radius 3 is 2.58 bits per heavy atom. The molecule has 2 aliphatic rings. The molecule has 0 amide bonds. The van der Waals surface area contributed by atoms with E-state index in [0.29, 0.717) is 60.4 Å². The number of rotatable bonds is 8. The number of aromatic nitrogens is 5. The van der Waals surface area contributed by atoms with Crippen LogP contribution in [-0.4, -0.2) is 83.1 Å². The summed E-state index contributed by atoms with van der Waals surface area (Å²) in [4.78, 5) is 16.0. The second-order valence-corrected chi connectivity index (χ2v) is 13.1. The van der Waals surface area contributed by atoms with Crippen molar-refractivity contribution in [1.29, 1.82) is 0 Å². The lowest BCUT2D eigenvalue weighted by atomic mass is 9.94. The molecular formula is C27H31ClN8O3S. The van der Waals surface area contributed by atoms with Gasteiger partial charge >= 0.3 is 0 Å². The summed E-state index contributed by atoms with van der Waals surface area (Å²) in [5, 5.41) is 10.2. The van der Waals surface area contributed by atoms with E-state index in [0.717, 1.165) is 16.5 Å². The molecule has 1 aromatic carbocycles. The third kappa shape index (κ3) is 5.00. The topological polar surface area (TPSA) is 118 Å². The van der Waals surface area contributed by atoms with E-state index in [4.69, 9.17) is 21.3 Å². The molecule has 5 heterocycles. The van der Waals surface area contributed by atoms with Crippen LogP contribution in [0.5, 0.6) is 0 Å². The Balaban J connectivity index is 1.27. The normalized spacial score (nSPS) is 16.5. The molecule has 13 heteroatoms. The average Bonchev–Trinajstić information content (AvgIpc) is 3.21. The van der Waals surface area contributed by atoms with Gasteiger partial charge in [-0.05, 0) is 35.1 Å². The molecule has 2 fully saturated rings. The highest BCUT2D eigenvalue weighted by molar-refractivity contribution is 7.88. The predicted octanol–water partition coefficient (Wildman–Crippen LogP) is 4.06. The Morgan fingerprint density at radius 2 is 1.90 bits per heavy atom. The standard InChI is InChI=1S/C27H31ClN8O3S/c1-16(2)19-5-6-23(35-11-17(12-35)34(3)40(4,37)38)21-10-30-25(9-20(19)21)31-24-7-8-29-27(32-24)22-13-36(33-26(22)28)18-14-39-15-18/h5-10,13,16-18H,11-12,14-15H2,1-4H3,(H,29,30,31,32). The van der Waals surface area contributed by atoms with E-state index in [1.165, 1.54) is 16.1 Å². The zero-order valence-corrected chi connectivity index (χ0v) is 24.3. The van der Waals surface area contributed by atoms with Gasteiger partial charge in [0.15, 0.2) is 11.0 Å². The predicted molar refractivity (Wildman–Crippen MR) is 156 cm³/mol. The summed E-state index contributed by atoms with van der Waals surface area (Å²) in [7, 11) is -1.59. The number of ether oxygens (including phenoxy) is 1. The van der Waals surface area contributed by atoms with E-state index < -0.39 is 10.0 Å². The van der Waals surface area contributed by atoms with Crippen LogP contribution in [0.1, 0.15) is 31.4 Å². The van der Waals surface area contributed by atoms with Crippen molar-refractivity contribution in [2.45, 2.75) is 31.8 Å². The minimum Gasteiger partial charge on any atom is -0.377 e. The first-order valence-electron chi connectivity index (χ1n) is 13.1. The maximum Gasteiger partial charge on any atom is 0.211 e. The molecule has 0 aliphatic carbocycles. The molecule has 2 saturated heterocycles. The quantitative estimate of drug-likeness (QED) is 0.328. The van der Waals surface area contributed by atoms with Crippen LogP contribution in [0.25, 0.3) is 22.2 Å². The Bertz CT molecular complexity index is 1680. The number of hydrogen-bond donors (Lipinski definition) is 1. The summed E-state index contributed by atoms with van der Waals surface area (Å²) in [6.07, 6.45) is 6.65. The summed E-state index contributed by atoms with van der Waals surface area (Å²) in [6, 6.07) is 8.22. The second kappa shape index (κ2) is 10.3. The average molecular weight is 583 g/mol. The minimum absolute atomic E-state index is 0.0432. The molecule has 210 valence electrons. The fraction of sp³-hybridized carbons (Fsp3) is 0.407. The molecule has 0 atom stereocenters. The van der Waals surface area contributed by atoms with Gasteiger partial charge in [0.2, 0.25) is 10.0 Å². The number of likely N-dealkylation sites (N-methyl/N-ethyl adjacent to an activating group) is 1. The monoisotopic (exact) mass is 582 g/mol. The zero-order valence-electron chi connectivity index (χ0n) is 22.7. The van der Waals surface area contributed by atoms with E-state index >= 15 is 0 Å². The van der Waals surface area contributed by atoms with Gasteiger partial charge in [0.1, 0.15) is 11.6 Å². The van der Waals surface area contributed by atoms with Gasteiger partial charge in [0, 0.05) is 49.8 Å². The Labute approximate surface area is 238 Å². The number of sulfonamides is 1. The molecule has 40 heavy (non-hydrogen) atoms. The summed E-state index contributed by atoms with van der Waals surface area (Å²) in [5.74, 6) is 2.02. The summed E-state index contributed by atoms with van der Waals surface area (Å²) >= 11 is 6.41. The fourth-order valence-electron chi connectivity index (χ4n) is 5.02. The summed E-state index contributed by atoms with van der Waals surface area (Å²) in [6.45, 7) is 6.83. The number of anilines is 3. The number of benzene rings is 1. The maximum atomic E-state index is 12.0. The van der Waals surface area contributed by atoms with Crippen LogP contribution >= 0.6 is 11.6 Å². The van der Waals surface area contributed by atoms with Gasteiger partial charge in [-0.1, -0.05) is 31.5 Å². The van der Waals surface area contributed by atoms with Crippen molar-refractivity contribution in [2.24, 2.45) is 0 Å². The Hall–Kier alpha value is -3.32. The van der Waals surface area contributed by atoms with Crippen molar-refractivity contribution < 1.29 is 13.2 Å². The van der Waals surface area contributed by atoms with Crippen LogP contribution in [0.2, 0.25) is 5.15 Å². The molecule has 0 unspecified atom stereocenters. The van der Waals surface area contributed by atoms with Crippen molar-refractivity contribution in [3.05, 3.63) is 53.6 Å². The van der Waals surface area contributed by atoms with E-state index in [9.17, 15) is 8.42 Å². The number of nitrogens with zero attached hydrogens (tertiary/aromatic N) is 7. The SMILES string of the molecule is CC(C)c1ccc(N2CC(N(C)S(C)(=O)=O)C2)c2cnc(Nc3ccnc(-c4cn(C5COC5)nc4Cl)n3)cc12. The van der Waals surface area contributed by atoms with Gasteiger partial charge in [-0.15, -0.1) is 0 Å². The molecule has 0 bridgehead atoms. The molecule has 1 N–H and O–H groups in total. The largest absolute Gasteiger partial charge is 0.377 e. The lowest BCUT2D eigenvalue weighted by Gasteiger charge is -2.44. The van der Waals surface area contributed by atoms with Crippen molar-refractivity contribution in [1.82, 2.24) is 29.0 Å². The van der Waals surface area contributed by atoms with Gasteiger partial charge in [-0.3, -0.25) is 4.68 Å². The number of halogens is 1. The highest BCUT2D eigenvalue weighted by atomic mass is 35.5. The zero-order chi connectivity index (χ0) is 28.2. The van der Waals surface area contributed by atoms with Crippen molar-refractivity contribution in [3.63, 3.8) is 0 Å². The summed E-state index contributed by atoms with van der Waals surface area (Å²) in [5.41, 5.74) is 2.91. The molecule has 11 nitrogen and oxygen atoms in total. The van der Waals surface area contributed by atoms with Crippen LogP contribution in [-0.2, 0) is 14.8 Å². The molecule has 6 rings (SSSR count). The van der Waals surface area contributed by atoms with Crippen LogP contribution in [0.15, 0.2) is 42.9 Å². The first-order valence-corrected chi connectivity index (χ1v) is 15.3. The number of fused-ring (bicyclic) bond motifs is 1. The number of pyridine rings is 1. The Morgan fingerprint density at radius 1 is 1.12 bits per heavy atom. The minimum atomic E-state index is -3.23. The van der Waals surface area contributed by atoms with E-state index in [1.807, 2.05) is 18.5 Å². The fourth-order valence-corrected chi connectivity index (χ4v) is 5.91. The lowest BCUT2D eigenvalue weighted by Crippen LogP contribution is -2.59. The molecule has 0 spiro atoms. The number of hydrogen-bond acceptors (Lipinski definition) is 9. The third-order valence-corrected chi connectivity index (χ3v) is 9.23. The smallest absolute Gasteiger partial charge is 0.211 e. The molecule has 0 radical (unpaired) electrons. The van der Waals surface area contributed by atoms with Crippen molar-refractivity contribution in [3.8, 4) is 11.4 Å². The van der Waals surface area contributed by atoms with Crippen LogP contribution in [0, 0.1) is 0 Å². The van der Waals surface area contributed by atoms with Crippen molar-refractivity contribution >= 4 is 49.7 Å². The molecule has 0 saturated carbocycles. The molecule has 2 aliphatic heterocycles.